The van der Waals surface area contributed by atoms with Gasteiger partial charge in [0.15, 0.2) is 0 Å². The van der Waals surface area contributed by atoms with Crippen LogP contribution in [-0.2, 0) is 14.3 Å². The Labute approximate surface area is 153 Å². The first-order chi connectivity index (χ1) is 12.0. The molecular weight excluding hydrogens is 316 g/mol. The molecule has 0 aromatic carbocycles. The van der Waals surface area contributed by atoms with Crippen LogP contribution in [0.3, 0.4) is 0 Å². The summed E-state index contributed by atoms with van der Waals surface area (Å²) in [5.41, 5.74) is 0. The maximum absolute atomic E-state index is 12.5. The van der Waals surface area contributed by atoms with Gasteiger partial charge in [0, 0.05) is 0 Å². The van der Waals surface area contributed by atoms with E-state index in [0.717, 1.165) is 38.0 Å². The quantitative estimate of drug-likeness (QED) is 0.292. The van der Waals surface area contributed by atoms with Crippen LogP contribution in [0.2, 0.25) is 0 Å². The third-order valence-corrected chi connectivity index (χ3v) is 5.02. The highest BCUT2D eigenvalue weighted by Gasteiger charge is 2.36. The summed E-state index contributed by atoms with van der Waals surface area (Å²) in [4.78, 5) is 23.9. The minimum atomic E-state index is -0.898. The first-order valence-electron chi connectivity index (χ1n) is 10.0. The van der Waals surface area contributed by atoms with E-state index in [1.165, 1.54) is 19.3 Å². The fraction of sp³-hybridized carbons (Fsp3) is 0.810. The smallest absolute Gasteiger partial charge is 0.310 e. The van der Waals surface area contributed by atoms with Crippen LogP contribution in [0.25, 0.3) is 0 Å². The van der Waals surface area contributed by atoms with Crippen molar-refractivity contribution in [1.29, 1.82) is 0 Å². The van der Waals surface area contributed by atoms with Crippen molar-refractivity contribution in [3.63, 3.8) is 0 Å². The fourth-order valence-electron chi connectivity index (χ4n) is 3.39. The second kappa shape index (κ2) is 12.1. The second-order valence-electron chi connectivity index (χ2n) is 7.73. The van der Waals surface area contributed by atoms with Crippen LogP contribution in [0.15, 0.2) is 12.2 Å². The number of ether oxygens (including phenoxy) is 1. The second-order valence-corrected chi connectivity index (χ2v) is 7.73. The number of rotatable bonds is 12. The first kappa shape index (κ1) is 21.7. The summed E-state index contributed by atoms with van der Waals surface area (Å²) in [7, 11) is 0. The number of aliphatic carboxylic acids is 1. The van der Waals surface area contributed by atoms with Crippen molar-refractivity contribution >= 4 is 11.9 Å². The minimum absolute atomic E-state index is 0.0631. The maximum Gasteiger partial charge on any atom is 0.310 e. The summed E-state index contributed by atoms with van der Waals surface area (Å²) >= 11 is 0. The number of carbonyl (C=O) groups excluding carboxylic acids is 1. The summed E-state index contributed by atoms with van der Waals surface area (Å²) in [6, 6.07) is 0. The molecule has 0 amide bonds. The van der Waals surface area contributed by atoms with Gasteiger partial charge in [0.2, 0.25) is 0 Å². The molecule has 0 saturated carbocycles. The Morgan fingerprint density at radius 2 is 1.60 bits per heavy atom. The Balaban J connectivity index is 2.50. The highest BCUT2D eigenvalue weighted by Crippen LogP contribution is 2.28. The van der Waals surface area contributed by atoms with Crippen molar-refractivity contribution in [3.8, 4) is 0 Å². The number of carbonyl (C=O) groups is 2. The zero-order valence-electron chi connectivity index (χ0n) is 16.2. The molecule has 4 nitrogen and oxygen atoms in total. The number of esters is 1. The molecule has 3 unspecified atom stereocenters. The lowest BCUT2D eigenvalue weighted by molar-refractivity contribution is -0.162. The highest BCUT2D eigenvalue weighted by atomic mass is 16.5. The molecule has 0 bridgehead atoms. The fourth-order valence-corrected chi connectivity index (χ4v) is 3.39. The molecule has 1 aliphatic carbocycles. The average molecular weight is 353 g/mol. The molecule has 3 atom stereocenters. The van der Waals surface area contributed by atoms with Crippen molar-refractivity contribution in [2.24, 2.45) is 17.8 Å². The topological polar surface area (TPSA) is 63.6 Å². The van der Waals surface area contributed by atoms with E-state index in [0.29, 0.717) is 12.8 Å². The van der Waals surface area contributed by atoms with Crippen LogP contribution in [0, 0.1) is 17.8 Å². The molecule has 1 rings (SSSR count). The van der Waals surface area contributed by atoms with Gasteiger partial charge in [-0.3, -0.25) is 9.59 Å². The maximum atomic E-state index is 12.5. The van der Waals surface area contributed by atoms with Gasteiger partial charge in [0.25, 0.3) is 0 Å². The predicted molar refractivity (Wildman–Crippen MR) is 100 cm³/mol. The Morgan fingerprint density at radius 1 is 1.00 bits per heavy atom. The van der Waals surface area contributed by atoms with Crippen molar-refractivity contribution in [2.75, 3.05) is 0 Å². The van der Waals surface area contributed by atoms with Gasteiger partial charge < -0.3 is 9.84 Å². The Morgan fingerprint density at radius 3 is 2.20 bits per heavy atom. The lowest BCUT2D eigenvalue weighted by Crippen LogP contribution is -2.34. The number of carboxylic acids is 1. The van der Waals surface area contributed by atoms with Crippen LogP contribution in [0.4, 0.5) is 0 Å². The number of carboxylic acid groups (broad SMARTS) is 1. The molecule has 144 valence electrons. The van der Waals surface area contributed by atoms with Crippen LogP contribution < -0.4 is 0 Å². The van der Waals surface area contributed by atoms with E-state index in [4.69, 9.17) is 4.74 Å². The van der Waals surface area contributed by atoms with E-state index >= 15 is 0 Å². The van der Waals surface area contributed by atoms with Crippen molar-refractivity contribution in [1.82, 2.24) is 0 Å². The molecule has 0 saturated heterocycles. The summed E-state index contributed by atoms with van der Waals surface area (Å²) < 4.78 is 5.76. The lowest BCUT2D eigenvalue weighted by atomic mass is 9.83. The summed E-state index contributed by atoms with van der Waals surface area (Å²) in [6.45, 7) is 6.61. The Kier molecular flexibility index (Phi) is 10.5. The van der Waals surface area contributed by atoms with E-state index in [1.807, 2.05) is 12.2 Å². The first-order valence-corrected chi connectivity index (χ1v) is 10.0. The van der Waals surface area contributed by atoms with Crippen LogP contribution in [0.1, 0.15) is 85.0 Å². The van der Waals surface area contributed by atoms with Gasteiger partial charge in [-0.25, -0.2) is 0 Å². The largest absolute Gasteiger partial charge is 0.481 e. The minimum Gasteiger partial charge on any atom is -0.481 e. The number of hydrogen-bond donors (Lipinski definition) is 1. The molecule has 0 fully saturated rings. The van der Waals surface area contributed by atoms with E-state index in [-0.39, 0.29) is 12.1 Å². The molecule has 0 aromatic heterocycles. The summed E-state index contributed by atoms with van der Waals surface area (Å²) in [5, 5.41) is 9.34. The molecule has 0 heterocycles. The molecule has 25 heavy (non-hydrogen) atoms. The van der Waals surface area contributed by atoms with Gasteiger partial charge in [-0.1, -0.05) is 65.0 Å². The van der Waals surface area contributed by atoms with E-state index < -0.39 is 17.8 Å². The van der Waals surface area contributed by atoms with Gasteiger partial charge in [0.1, 0.15) is 6.10 Å². The number of unbranched alkanes of at least 4 members (excludes halogenated alkanes) is 3. The molecule has 0 aliphatic heterocycles. The number of allylic oxidation sites excluding steroid dienone is 2. The van der Waals surface area contributed by atoms with Crippen molar-refractivity contribution in [3.05, 3.63) is 12.2 Å². The normalized spacial score (nSPS) is 21.3. The van der Waals surface area contributed by atoms with E-state index in [9.17, 15) is 14.7 Å². The van der Waals surface area contributed by atoms with Crippen LogP contribution in [-0.4, -0.2) is 23.1 Å². The van der Waals surface area contributed by atoms with Gasteiger partial charge in [-0.2, -0.15) is 0 Å². The van der Waals surface area contributed by atoms with Crippen molar-refractivity contribution in [2.45, 2.75) is 91.1 Å². The van der Waals surface area contributed by atoms with Gasteiger partial charge >= 0.3 is 11.9 Å². The van der Waals surface area contributed by atoms with Crippen LogP contribution in [0.5, 0.6) is 0 Å². The molecule has 0 spiro atoms. The molecule has 1 N–H and O–H groups in total. The van der Waals surface area contributed by atoms with Gasteiger partial charge in [-0.15, -0.1) is 0 Å². The monoisotopic (exact) mass is 352 g/mol. The average Bonchev–Trinajstić information content (AvgIpc) is 2.58. The zero-order valence-corrected chi connectivity index (χ0v) is 16.2. The molecule has 4 heteroatoms. The summed E-state index contributed by atoms with van der Waals surface area (Å²) in [6.07, 6.45) is 13.2. The predicted octanol–water partition coefficient (Wildman–Crippen LogP) is 5.36. The third-order valence-electron chi connectivity index (χ3n) is 5.02. The molecule has 0 radical (unpaired) electrons. The molecule has 0 aromatic rings. The van der Waals surface area contributed by atoms with Gasteiger partial charge in [0.05, 0.1) is 11.8 Å². The number of hydrogen-bond acceptors (Lipinski definition) is 3. The SMILES string of the molecule is CCCCC(CCCCCC(C)C)OC(=O)C1CC=CCC1C(=O)O. The van der Waals surface area contributed by atoms with Crippen molar-refractivity contribution < 1.29 is 19.4 Å². The van der Waals surface area contributed by atoms with Gasteiger partial charge in [-0.05, 0) is 38.0 Å². The molecular formula is C21H36O4. The third kappa shape index (κ3) is 8.55. The summed E-state index contributed by atoms with van der Waals surface area (Å²) in [5.74, 6) is -1.66. The van der Waals surface area contributed by atoms with E-state index in [1.54, 1.807) is 0 Å². The Hall–Kier alpha value is -1.32. The Bertz CT molecular complexity index is 428. The van der Waals surface area contributed by atoms with Crippen LogP contribution >= 0.6 is 0 Å². The molecule has 1 aliphatic rings. The van der Waals surface area contributed by atoms with E-state index in [2.05, 4.69) is 20.8 Å². The zero-order chi connectivity index (χ0) is 18.7. The highest BCUT2D eigenvalue weighted by molar-refractivity contribution is 5.81. The lowest BCUT2D eigenvalue weighted by Gasteiger charge is -2.26. The standard InChI is InChI=1S/C21H36O4/c1-4-5-12-17(13-8-6-7-11-16(2)3)25-21(24)19-15-10-9-14-18(19)20(22)23/h9-10,16-19H,4-8,11-15H2,1-3H3,(H,22,23).